The van der Waals surface area contributed by atoms with Crippen molar-refractivity contribution in [2.45, 2.75) is 38.4 Å². The van der Waals surface area contributed by atoms with Gasteiger partial charge in [-0.15, -0.1) is 0 Å². The SMILES string of the molecule is CCC1CN(C)CC(CC)(c2cccc(OC)c2)O1. The van der Waals surface area contributed by atoms with Crippen molar-refractivity contribution in [1.82, 2.24) is 4.90 Å². The molecule has 19 heavy (non-hydrogen) atoms. The van der Waals surface area contributed by atoms with Crippen LogP contribution in [-0.4, -0.2) is 38.3 Å². The highest BCUT2D eigenvalue weighted by atomic mass is 16.5. The highest BCUT2D eigenvalue weighted by Gasteiger charge is 2.39. The molecule has 0 radical (unpaired) electrons. The molecule has 1 aliphatic rings. The Morgan fingerprint density at radius 2 is 2.21 bits per heavy atom. The summed E-state index contributed by atoms with van der Waals surface area (Å²) in [6, 6.07) is 8.29. The van der Waals surface area contributed by atoms with E-state index in [1.54, 1.807) is 7.11 Å². The van der Waals surface area contributed by atoms with E-state index in [1.165, 1.54) is 5.56 Å². The summed E-state index contributed by atoms with van der Waals surface area (Å²) in [6.45, 7) is 6.34. The van der Waals surface area contributed by atoms with E-state index in [9.17, 15) is 0 Å². The maximum atomic E-state index is 6.43. The predicted octanol–water partition coefficient (Wildman–Crippen LogP) is 3.04. The van der Waals surface area contributed by atoms with E-state index in [1.807, 2.05) is 12.1 Å². The van der Waals surface area contributed by atoms with Gasteiger partial charge in [-0.05, 0) is 37.6 Å². The molecule has 3 nitrogen and oxygen atoms in total. The van der Waals surface area contributed by atoms with Crippen molar-refractivity contribution in [3.63, 3.8) is 0 Å². The van der Waals surface area contributed by atoms with E-state index in [0.717, 1.165) is 31.7 Å². The fraction of sp³-hybridized carbons (Fsp3) is 0.625. The predicted molar refractivity (Wildman–Crippen MR) is 77.6 cm³/mol. The van der Waals surface area contributed by atoms with Gasteiger partial charge in [0.2, 0.25) is 0 Å². The molecule has 0 bridgehead atoms. The van der Waals surface area contributed by atoms with Gasteiger partial charge in [-0.2, -0.15) is 0 Å². The Balaban J connectivity index is 2.34. The van der Waals surface area contributed by atoms with Crippen LogP contribution in [0, 0.1) is 0 Å². The van der Waals surface area contributed by atoms with Crippen LogP contribution in [0.5, 0.6) is 5.75 Å². The zero-order chi connectivity index (χ0) is 13.9. The van der Waals surface area contributed by atoms with E-state index >= 15 is 0 Å². The minimum absolute atomic E-state index is 0.206. The van der Waals surface area contributed by atoms with Gasteiger partial charge in [-0.25, -0.2) is 0 Å². The third kappa shape index (κ3) is 2.93. The van der Waals surface area contributed by atoms with Crippen molar-refractivity contribution in [1.29, 1.82) is 0 Å². The molecule has 1 heterocycles. The van der Waals surface area contributed by atoms with Crippen LogP contribution in [0.25, 0.3) is 0 Å². The first kappa shape index (κ1) is 14.4. The minimum atomic E-state index is -0.206. The zero-order valence-corrected chi connectivity index (χ0v) is 12.5. The summed E-state index contributed by atoms with van der Waals surface area (Å²) < 4.78 is 11.8. The number of hydrogen-bond acceptors (Lipinski definition) is 3. The summed E-state index contributed by atoms with van der Waals surface area (Å²) in [5.74, 6) is 0.898. The van der Waals surface area contributed by atoms with Crippen LogP contribution in [-0.2, 0) is 10.3 Å². The molecular formula is C16H25NO2. The van der Waals surface area contributed by atoms with Crippen LogP contribution >= 0.6 is 0 Å². The first-order valence-electron chi connectivity index (χ1n) is 7.14. The highest BCUT2D eigenvalue weighted by Crippen LogP contribution is 2.36. The van der Waals surface area contributed by atoms with Crippen molar-refractivity contribution in [3.8, 4) is 5.75 Å². The average Bonchev–Trinajstić information content (AvgIpc) is 2.46. The molecular weight excluding hydrogens is 238 g/mol. The van der Waals surface area contributed by atoms with E-state index in [-0.39, 0.29) is 5.60 Å². The second kappa shape index (κ2) is 5.93. The maximum absolute atomic E-state index is 6.43. The fourth-order valence-electron chi connectivity index (χ4n) is 2.92. The van der Waals surface area contributed by atoms with Crippen LogP contribution in [0.2, 0.25) is 0 Å². The third-order valence-electron chi connectivity index (χ3n) is 4.06. The molecule has 0 aromatic heterocycles. The number of morpholine rings is 1. The molecule has 2 rings (SSSR count). The number of hydrogen-bond donors (Lipinski definition) is 0. The van der Waals surface area contributed by atoms with Gasteiger partial charge in [-0.3, -0.25) is 0 Å². The van der Waals surface area contributed by atoms with Crippen molar-refractivity contribution < 1.29 is 9.47 Å². The van der Waals surface area contributed by atoms with Gasteiger partial charge < -0.3 is 14.4 Å². The van der Waals surface area contributed by atoms with Crippen LogP contribution < -0.4 is 4.74 Å². The van der Waals surface area contributed by atoms with E-state index in [0.29, 0.717) is 6.10 Å². The molecule has 0 spiro atoms. The molecule has 2 atom stereocenters. The Hall–Kier alpha value is -1.06. The Morgan fingerprint density at radius 3 is 2.84 bits per heavy atom. The molecule has 2 unspecified atom stereocenters. The molecule has 1 aromatic carbocycles. The number of nitrogens with zero attached hydrogens (tertiary/aromatic N) is 1. The van der Waals surface area contributed by atoms with Gasteiger partial charge in [0.05, 0.1) is 13.2 Å². The molecule has 1 aromatic rings. The lowest BCUT2D eigenvalue weighted by molar-refractivity contribution is -0.158. The Bertz CT molecular complexity index is 421. The lowest BCUT2D eigenvalue weighted by Crippen LogP contribution is -2.52. The van der Waals surface area contributed by atoms with E-state index < -0.39 is 0 Å². The number of likely N-dealkylation sites (N-methyl/N-ethyl adjacent to an activating group) is 1. The molecule has 1 aliphatic heterocycles. The quantitative estimate of drug-likeness (QED) is 0.833. The minimum Gasteiger partial charge on any atom is -0.497 e. The fourth-order valence-corrected chi connectivity index (χ4v) is 2.92. The first-order chi connectivity index (χ1) is 9.13. The van der Waals surface area contributed by atoms with Gasteiger partial charge in [0.25, 0.3) is 0 Å². The Kier molecular flexibility index (Phi) is 4.48. The summed E-state index contributed by atoms with van der Waals surface area (Å²) in [4.78, 5) is 2.38. The second-order valence-electron chi connectivity index (χ2n) is 5.42. The van der Waals surface area contributed by atoms with Gasteiger partial charge in [0, 0.05) is 13.1 Å². The number of benzene rings is 1. The first-order valence-corrected chi connectivity index (χ1v) is 7.14. The van der Waals surface area contributed by atoms with Crippen LogP contribution in [0.3, 0.4) is 0 Å². The lowest BCUT2D eigenvalue weighted by atomic mass is 9.88. The van der Waals surface area contributed by atoms with Crippen molar-refractivity contribution >= 4 is 0 Å². The summed E-state index contributed by atoms with van der Waals surface area (Å²) in [7, 11) is 3.89. The smallest absolute Gasteiger partial charge is 0.119 e. The summed E-state index contributed by atoms with van der Waals surface area (Å²) >= 11 is 0. The van der Waals surface area contributed by atoms with Gasteiger partial charge in [0.15, 0.2) is 0 Å². The zero-order valence-electron chi connectivity index (χ0n) is 12.5. The Labute approximate surface area is 116 Å². The standard InChI is InChI=1S/C16H25NO2/c1-5-14-11-17(3)12-16(6-2,19-14)13-8-7-9-15(10-13)18-4/h7-10,14H,5-6,11-12H2,1-4H3. The number of rotatable bonds is 4. The topological polar surface area (TPSA) is 21.7 Å². The largest absolute Gasteiger partial charge is 0.497 e. The van der Waals surface area contributed by atoms with Crippen LogP contribution in [0.4, 0.5) is 0 Å². The van der Waals surface area contributed by atoms with Crippen molar-refractivity contribution in [2.75, 3.05) is 27.2 Å². The monoisotopic (exact) mass is 263 g/mol. The van der Waals surface area contributed by atoms with Gasteiger partial charge in [-0.1, -0.05) is 26.0 Å². The number of ether oxygens (including phenoxy) is 2. The second-order valence-corrected chi connectivity index (χ2v) is 5.42. The Morgan fingerprint density at radius 1 is 1.42 bits per heavy atom. The van der Waals surface area contributed by atoms with Crippen LogP contribution in [0.15, 0.2) is 24.3 Å². The van der Waals surface area contributed by atoms with Crippen molar-refractivity contribution in [3.05, 3.63) is 29.8 Å². The van der Waals surface area contributed by atoms with E-state index in [2.05, 4.69) is 37.9 Å². The normalized spacial score (nSPS) is 28.3. The van der Waals surface area contributed by atoms with Gasteiger partial charge >= 0.3 is 0 Å². The summed E-state index contributed by atoms with van der Waals surface area (Å²) in [5.41, 5.74) is 1.02. The molecule has 0 saturated carbocycles. The van der Waals surface area contributed by atoms with Gasteiger partial charge in [0.1, 0.15) is 11.4 Å². The molecule has 0 N–H and O–H groups in total. The molecule has 1 saturated heterocycles. The molecule has 3 heteroatoms. The number of methoxy groups -OCH3 is 1. The molecule has 0 aliphatic carbocycles. The van der Waals surface area contributed by atoms with Crippen LogP contribution in [0.1, 0.15) is 32.3 Å². The molecule has 1 fully saturated rings. The average molecular weight is 263 g/mol. The molecule has 0 amide bonds. The summed E-state index contributed by atoms with van der Waals surface area (Å²) in [5, 5.41) is 0. The van der Waals surface area contributed by atoms with Crippen molar-refractivity contribution in [2.24, 2.45) is 0 Å². The summed E-state index contributed by atoms with van der Waals surface area (Å²) in [6.07, 6.45) is 2.33. The molecule has 106 valence electrons. The highest BCUT2D eigenvalue weighted by molar-refractivity contribution is 5.33. The maximum Gasteiger partial charge on any atom is 0.119 e. The lowest BCUT2D eigenvalue weighted by Gasteiger charge is -2.45. The van der Waals surface area contributed by atoms with E-state index in [4.69, 9.17) is 9.47 Å². The third-order valence-corrected chi connectivity index (χ3v) is 4.06.